The highest BCUT2D eigenvalue weighted by Gasteiger charge is 2.40. The fraction of sp³-hybridized carbons (Fsp3) is 1.00. The molecule has 1 N–H and O–H groups in total. The van der Waals surface area contributed by atoms with E-state index < -0.39 is 0 Å². The number of hydrogen-bond acceptors (Lipinski definition) is 1. The Labute approximate surface area is 109 Å². The summed E-state index contributed by atoms with van der Waals surface area (Å²) < 4.78 is 0. The summed E-state index contributed by atoms with van der Waals surface area (Å²) in [7, 11) is 0. The summed E-state index contributed by atoms with van der Waals surface area (Å²) in [6, 6.07) is 0. The van der Waals surface area contributed by atoms with Gasteiger partial charge in [-0.25, -0.2) is 0 Å². The van der Waals surface area contributed by atoms with E-state index in [-0.39, 0.29) is 0 Å². The van der Waals surface area contributed by atoms with E-state index in [1.165, 1.54) is 45.2 Å². The van der Waals surface area contributed by atoms with E-state index in [9.17, 15) is 0 Å². The lowest BCUT2D eigenvalue weighted by Gasteiger charge is -2.47. The third-order valence-corrected chi connectivity index (χ3v) is 4.32. The van der Waals surface area contributed by atoms with Crippen molar-refractivity contribution < 1.29 is 0 Å². The van der Waals surface area contributed by atoms with Crippen LogP contribution in [0.5, 0.6) is 0 Å². The van der Waals surface area contributed by atoms with Gasteiger partial charge >= 0.3 is 0 Å². The molecule has 1 aliphatic rings. The van der Waals surface area contributed by atoms with Gasteiger partial charge in [-0.15, -0.1) is 0 Å². The van der Waals surface area contributed by atoms with Crippen LogP contribution in [0.25, 0.3) is 0 Å². The molecule has 1 saturated heterocycles. The summed E-state index contributed by atoms with van der Waals surface area (Å²) in [6.07, 6.45) is 7.00. The molecule has 1 unspecified atom stereocenters. The molecule has 0 aromatic rings. The number of nitrogens with one attached hydrogen (secondary N) is 1. The van der Waals surface area contributed by atoms with Gasteiger partial charge in [-0.05, 0) is 61.9 Å². The van der Waals surface area contributed by atoms with E-state index in [2.05, 4.69) is 39.9 Å². The van der Waals surface area contributed by atoms with Crippen molar-refractivity contribution in [2.45, 2.75) is 66.7 Å². The molecule has 1 fully saturated rings. The number of hydrogen-bond donors (Lipinski definition) is 1. The van der Waals surface area contributed by atoms with Crippen LogP contribution < -0.4 is 5.32 Å². The summed E-state index contributed by atoms with van der Waals surface area (Å²) in [5.74, 6) is 2.59. The van der Waals surface area contributed by atoms with Gasteiger partial charge in [0.25, 0.3) is 0 Å². The molecule has 17 heavy (non-hydrogen) atoms. The lowest BCUT2D eigenvalue weighted by Crippen LogP contribution is -2.46. The average Bonchev–Trinajstić information content (AvgIpc) is 2.19. The minimum Gasteiger partial charge on any atom is -0.316 e. The predicted octanol–water partition coefficient (Wildman–Crippen LogP) is 4.47. The van der Waals surface area contributed by atoms with E-state index in [0.29, 0.717) is 5.41 Å². The minimum absolute atomic E-state index is 0.629. The fourth-order valence-electron chi connectivity index (χ4n) is 4.04. The van der Waals surface area contributed by atoms with Gasteiger partial charge < -0.3 is 5.32 Å². The van der Waals surface area contributed by atoms with E-state index in [0.717, 1.165) is 17.8 Å². The van der Waals surface area contributed by atoms with Gasteiger partial charge in [0.1, 0.15) is 0 Å². The van der Waals surface area contributed by atoms with Crippen LogP contribution in [0, 0.1) is 23.2 Å². The van der Waals surface area contributed by atoms with Gasteiger partial charge in [0, 0.05) is 0 Å². The van der Waals surface area contributed by atoms with Crippen molar-refractivity contribution in [3.63, 3.8) is 0 Å². The van der Waals surface area contributed by atoms with Crippen molar-refractivity contribution in [3.05, 3.63) is 0 Å². The van der Waals surface area contributed by atoms with Gasteiger partial charge in [0.2, 0.25) is 0 Å². The predicted molar refractivity (Wildman–Crippen MR) is 77.2 cm³/mol. The van der Waals surface area contributed by atoms with Crippen molar-refractivity contribution in [2.24, 2.45) is 23.2 Å². The first-order chi connectivity index (χ1) is 8.00. The third-order valence-electron chi connectivity index (χ3n) is 4.32. The Morgan fingerprint density at radius 1 is 1.12 bits per heavy atom. The highest BCUT2D eigenvalue weighted by atomic mass is 14.9. The molecule has 0 aliphatic carbocycles. The molecular weight excluding hydrogens is 206 g/mol. The molecule has 1 heterocycles. The molecule has 0 spiro atoms. The molecule has 0 radical (unpaired) electrons. The molecule has 1 nitrogen and oxygen atoms in total. The van der Waals surface area contributed by atoms with Crippen molar-refractivity contribution in [1.29, 1.82) is 0 Å². The van der Waals surface area contributed by atoms with Gasteiger partial charge in [0.05, 0.1) is 0 Å². The molecular formula is C16H33N. The van der Waals surface area contributed by atoms with Crippen LogP contribution in [0.4, 0.5) is 0 Å². The minimum atomic E-state index is 0.629. The fourth-order valence-corrected chi connectivity index (χ4v) is 4.04. The molecule has 1 rings (SSSR count). The van der Waals surface area contributed by atoms with Crippen LogP contribution in [0.1, 0.15) is 66.7 Å². The Morgan fingerprint density at radius 2 is 1.71 bits per heavy atom. The topological polar surface area (TPSA) is 12.0 Å². The van der Waals surface area contributed by atoms with E-state index in [1.54, 1.807) is 0 Å². The Balaban J connectivity index is 2.81. The Morgan fingerprint density at radius 3 is 2.18 bits per heavy atom. The molecule has 1 aliphatic heterocycles. The quantitative estimate of drug-likeness (QED) is 0.721. The zero-order valence-electron chi connectivity index (χ0n) is 12.7. The second-order valence-electron chi connectivity index (χ2n) is 7.00. The average molecular weight is 239 g/mol. The highest BCUT2D eigenvalue weighted by molar-refractivity contribution is 4.92. The highest BCUT2D eigenvalue weighted by Crippen LogP contribution is 2.46. The standard InChI is InChI=1S/C16H33N/c1-6-7-15-12-17-9-8-16(15,10-13(2)3)11-14(4)5/h13-15,17H,6-12H2,1-5H3. The first kappa shape index (κ1) is 15.0. The van der Waals surface area contributed by atoms with Crippen molar-refractivity contribution in [2.75, 3.05) is 13.1 Å². The maximum Gasteiger partial charge on any atom is -0.00152 e. The third kappa shape index (κ3) is 4.28. The van der Waals surface area contributed by atoms with Crippen LogP contribution >= 0.6 is 0 Å². The van der Waals surface area contributed by atoms with E-state index in [1.807, 2.05) is 0 Å². The first-order valence-corrected chi connectivity index (χ1v) is 7.71. The summed E-state index contributed by atoms with van der Waals surface area (Å²) in [4.78, 5) is 0. The van der Waals surface area contributed by atoms with Crippen LogP contribution in [0.2, 0.25) is 0 Å². The number of piperidine rings is 1. The monoisotopic (exact) mass is 239 g/mol. The first-order valence-electron chi connectivity index (χ1n) is 7.71. The van der Waals surface area contributed by atoms with Crippen molar-refractivity contribution in [3.8, 4) is 0 Å². The summed E-state index contributed by atoms with van der Waals surface area (Å²) in [6.45, 7) is 14.4. The smallest absolute Gasteiger partial charge is 0.00152 e. The maximum atomic E-state index is 3.62. The Bertz CT molecular complexity index is 196. The molecule has 1 heteroatoms. The molecule has 0 aromatic carbocycles. The zero-order chi connectivity index (χ0) is 12.9. The molecule has 1 atom stereocenters. The molecule has 102 valence electrons. The van der Waals surface area contributed by atoms with Gasteiger partial charge in [-0.2, -0.15) is 0 Å². The second kappa shape index (κ2) is 6.78. The van der Waals surface area contributed by atoms with Gasteiger partial charge in [0.15, 0.2) is 0 Å². The normalized spacial score (nSPS) is 24.5. The zero-order valence-corrected chi connectivity index (χ0v) is 12.7. The van der Waals surface area contributed by atoms with E-state index in [4.69, 9.17) is 0 Å². The molecule has 0 amide bonds. The van der Waals surface area contributed by atoms with Gasteiger partial charge in [-0.3, -0.25) is 0 Å². The summed E-state index contributed by atoms with van der Waals surface area (Å²) >= 11 is 0. The van der Waals surface area contributed by atoms with Crippen LogP contribution in [0.3, 0.4) is 0 Å². The number of rotatable bonds is 6. The lowest BCUT2D eigenvalue weighted by atomic mass is 9.61. The molecule has 0 saturated carbocycles. The summed E-state index contributed by atoms with van der Waals surface area (Å²) in [5.41, 5.74) is 0.629. The maximum absolute atomic E-state index is 3.62. The molecule has 0 bridgehead atoms. The van der Waals surface area contributed by atoms with Crippen LogP contribution in [-0.2, 0) is 0 Å². The Kier molecular flexibility index (Phi) is 5.99. The lowest BCUT2D eigenvalue weighted by molar-refractivity contribution is 0.0485. The second-order valence-corrected chi connectivity index (χ2v) is 7.00. The molecule has 0 aromatic heterocycles. The largest absolute Gasteiger partial charge is 0.316 e. The van der Waals surface area contributed by atoms with E-state index >= 15 is 0 Å². The van der Waals surface area contributed by atoms with Crippen LogP contribution in [0.15, 0.2) is 0 Å². The van der Waals surface area contributed by atoms with Crippen LogP contribution in [-0.4, -0.2) is 13.1 Å². The SMILES string of the molecule is CCCC1CNCCC1(CC(C)C)CC(C)C. The van der Waals surface area contributed by atoms with Gasteiger partial charge in [-0.1, -0.05) is 41.0 Å². The van der Waals surface area contributed by atoms with Crippen molar-refractivity contribution >= 4 is 0 Å². The Hall–Kier alpha value is -0.0400. The summed E-state index contributed by atoms with van der Waals surface area (Å²) in [5, 5.41) is 3.62. The van der Waals surface area contributed by atoms with Crippen molar-refractivity contribution in [1.82, 2.24) is 5.32 Å².